The standard InChI is InChI=1S/C3H7NS/c1-4-2-5-3-4/h4H,1-3H2. The first-order chi connectivity index (χ1) is 2.39. The zero-order chi connectivity index (χ0) is 3.70. The molecule has 1 rings (SSSR count). The van der Waals surface area contributed by atoms with E-state index >= 15 is 0 Å². The number of hydrogen-bond donors (Lipinski definition) is 1. The molecule has 0 aromatic heterocycles. The molecule has 1 saturated heterocycles. The van der Waals surface area contributed by atoms with Gasteiger partial charge < -0.3 is 4.90 Å². The Morgan fingerprint density at radius 3 is 2.00 bits per heavy atom. The molecule has 1 heterocycles. The Kier molecular flexibility index (Phi) is 0.830. The maximum absolute atomic E-state index is 3.74. The van der Waals surface area contributed by atoms with Gasteiger partial charge in [0.15, 0.2) is 0 Å². The maximum atomic E-state index is 3.74. The summed E-state index contributed by atoms with van der Waals surface area (Å²) in [5.74, 6) is 2.42. The van der Waals surface area contributed by atoms with Crippen LogP contribution >= 0.6 is 11.8 Å². The Morgan fingerprint density at radius 2 is 2.00 bits per heavy atom. The van der Waals surface area contributed by atoms with Gasteiger partial charge in [-0.25, -0.2) is 0 Å². The molecule has 1 nitrogen and oxygen atoms in total. The van der Waals surface area contributed by atoms with Gasteiger partial charge >= 0.3 is 0 Å². The average Bonchev–Trinajstić information content (AvgIpc) is 1.30. The van der Waals surface area contributed by atoms with Gasteiger partial charge in [0.2, 0.25) is 0 Å². The molecule has 1 N–H and O–H groups in total. The smallest absolute Gasteiger partial charge is 0.106 e. The molecule has 1 fully saturated rings. The van der Waals surface area contributed by atoms with Crippen molar-refractivity contribution in [3.05, 3.63) is 7.05 Å². The van der Waals surface area contributed by atoms with Crippen LogP contribution in [0.2, 0.25) is 0 Å². The molecule has 5 heavy (non-hydrogen) atoms. The predicted octanol–water partition coefficient (Wildman–Crippen LogP) is -0.675. The lowest BCUT2D eigenvalue weighted by Crippen LogP contribution is -3.11. The van der Waals surface area contributed by atoms with Crippen molar-refractivity contribution < 1.29 is 4.90 Å². The summed E-state index contributed by atoms with van der Waals surface area (Å²) in [6, 6.07) is 0. The molecule has 0 atom stereocenters. The number of thioether (sulfide) groups is 1. The lowest BCUT2D eigenvalue weighted by molar-refractivity contribution is -0.840. The van der Waals surface area contributed by atoms with Crippen molar-refractivity contribution in [3.8, 4) is 0 Å². The van der Waals surface area contributed by atoms with Crippen molar-refractivity contribution >= 4 is 11.8 Å². The zero-order valence-electron chi connectivity index (χ0n) is 3.03. The highest BCUT2D eigenvalue weighted by atomic mass is 32.2. The fourth-order valence-electron chi connectivity index (χ4n) is 0.246. The third kappa shape index (κ3) is 0.578. The van der Waals surface area contributed by atoms with Crippen LogP contribution in [-0.2, 0) is 0 Å². The highest BCUT2D eigenvalue weighted by molar-refractivity contribution is 7.99. The monoisotopic (exact) mass is 89.0 g/mol. The van der Waals surface area contributed by atoms with E-state index in [4.69, 9.17) is 0 Å². The van der Waals surface area contributed by atoms with Crippen molar-refractivity contribution in [2.45, 2.75) is 0 Å². The largest absolute Gasteiger partial charge is 0.450 e. The second kappa shape index (κ2) is 1.19. The molecule has 0 bridgehead atoms. The fraction of sp³-hybridized carbons (Fsp3) is 0.667. The lowest BCUT2D eigenvalue weighted by Gasteiger charge is -2.27. The Bertz CT molecular complexity index is 33.9. The van der Waals surface area contributed by atoms with E-state index in [1.165, 1.54) is 16.7 Å². The molecule has 2 heteroatoms. The van der Waals surface area contributed by atoms with Crippen molar-refractivity contribution in [3.63, 3.8) is 0 Å². The molecule has 1 aliphatic rings. The van der Waals surface area contributed by atoms with Crippen LogP contribution in [0.15, 0.2) is 0 Å². The van der Waals surface area contributed by atoms with E-state index in [0.29, 0.717) is 0 Å². The van der Waals surface area contributed by atoms with Crippen LogP contribution in [0.4, 0.5) is 0 Å². The lowest BCUT2D eigenvalue weighted by atomic mass is 11.0. The van der Waals surface area contributed by atoms with Gasteiger partial charge in [-0.05, 0) is 11.8 Å². The fourth-order valence-corrected chi connectivity index (χ4v) is 0.739. The molecule has 0 aromatic rings. The molecule has 0 unspecified atom stereocenters. The van der Waals surface area contributed by atoms with Crippen LogP contribution in [-0.4, -0.2) is 11.8 Å². The van der Waals surface area contributed by atoms with Crippen LogP contribution in [0.25, 0.3) is 0 Å². The SMILES string of the molecule is [CH2-][NH+]1CSC1. The predicted molar refractivity (Wildman–Crippen MR) is 23.6 cm³/mol. The molecule has 0 radical (unpaired) electrons. The summed E-state index contributed by atoms with van der Waals surface area (Å²) in [5, 5.41) is 0. The number of quaternary nitrogens is 1. The van der Waals surface area contributed by atoms with Gasteiger partial charge in [0.1, 0.15) is 11.8 Å². The summed E-state index contributed by atoms with van der Waals surface area (Å²) >= 11 is 1.95. The van der Waals surface area contributed by atoms with E-state index in [-0.39, 0.29) is 0 Å². The van der Waals surface area contributed by atoms with E-state index in [1.807, 2.05) is 11.8 Å². The van der Waals surface area contributed by atoms with E-state index in [2.05, 4.69) is 7.05 Å². The van der Waals surface area contributed by atoms with Gasteiger partial charge in [0.05, 0.1) is 0 Å². The summed E-state index contributed by atoms with van der Waals surface area (Å²) in [6.07, 6.45) is 0. The normalized spacial score (nSPS) is 25.8. The van der Waals surface area contributed by atoms with Crippen molar-refractivity contribution in [1.82, 2.24) is 0 Å². The van der Waals surface area contributed by atoms with Crippen molar-refractivity contribution in [2.24, 2.45) is 0 Å². The Balaban J connectivity index is 2.08. The van der Waals surface area contributed by atoms with E-state index in [1.54, 1.807) is 0 Å². The van der Waals surface area contributed by atoms with Crippen LogP contribution < -0.4 is 4.90 Å². The summed E-state index contributed by atoms with van der Waals surface area (Å²) in [5.41, 5.74) is 0. The summed E-state index contributed by atoms with van der Waals surface area (Å²) < 4.78 is 0. The second-order valence-corrected chi connectivity index (χ2v) is 2.23. The number of rotatable bonds is 0. The highest BCUT2D eigenvalue weighted by Crippen LogP contribution is 1.94. The van der Waals surface area contributed by atoms with E-state index in [9.17, 15) is 0 Å². The van der Waals surface area contributed by atoms with Crippen LogP contribution in [0.1, 0.15) is 0 Å². The van der Waals surface area contributed by atoms with Gasteiger partial charge in [0, 0.05) is 0 Å². The topological polar surface area (TPSA) is 4.44 Å². The third-order valence-electron chi connectivity index (χ3n) is 0.612. The van der Waals surface area contributed by atoms with Gasteiger partial charge in [-0.15, -0.1) is 7.05 Å². The van der Waals surface area contributed by atoms with Crippen molar-refractivity contribution in [1.29, 1.82) is 0 Å². The minimum Gasteiger partial charge on any atom is -0.450 e. The Hall–Kier alpha value is 0.310. The summed E-state index contributed by atoms with van der Waals surface area (Å²) in [6.45, 7) is 0. The summed E-state index contributed by atoms with van der Waals surface area (Å²) in [7, 11) is 3.74. The summed E-state index contributed by atoms with van der Waals surface area (Å²) in [4.78, 5) is 1.40. The Labute approximate surface area is 36.3 Å². The zero-order valence-corrected chi connectivity index (χ0v) is 3.85. The molecular formula is C3H7NS. The van der Waals surface area contributed by atoms with Gasteiger partial charge in [0.25, 0.3) is 0 Å². The minimum atomic E-state index is 1.21. The van der Waals surface area contributed by atoms with Crippen LogP contribution in [0.5, 0.6) is 0 Å². The minimum absolute atomic E-state index is 1.21. The first kappa shape index (κ1) is 3.50. The molecule has 0 aromatic carbocycles. The first-order valence-electron chi connectivity index (χ1n) is 1.64. The molecular weight excluding hydrogens is 82.1 g/mol. The van der Waals surface area contributed by atoms with Crippen LogP contribution in [0, 0.1) is 7.05 Å². The maximum Gasteiger partial charge on any atom is 0.106 e. The Morgan fingerprint density at radius 1 is 1.60 bits per heavy atom. The highest BCUT2D eigenvalue weighted by Gasteiger charge is 2.05. The third-order valence-corrected chi connectivity index (χ3v) is 1.84. The van der Waals surface area contributed by atoms with Crippen LogP contribution in [0.3, 0.4) is 0 Å². The molecule has 30 valence electrons. The van der Waals surface area contributed by atoms with Crippen molar-refractivity contribution in [2.75, 3.05) is 11.8 Å². The number of hydrogen-bond acceptors (Lipinski definition) is 1. The van der Waals surface area contributed by atoms with Gasteiger partial charge in [-0.2, -0.15) is 0 Å². The quantitative estimate of drug-likeness (QED) is 0.385. The van der Waals surface area contributed by atoms with E-state index in [0.717, 1.165) is 0 Å². The number of nitrogens with one attached hydrogen (secondary N) is 1. The van der Waals surface area contributed by atoms with Gasteiger partial charge in [-0.3, -0.25) is 0 Å². The van der Waals surface area contributed by atoms with Gasteiger partial charge in [-0.1, -0.05) is 0 Å². The first-order valence-corrected chi connectivity index (χ1v) is 2.79. The average molecular weight is 89.2 g/mol. The molecule has 0 spiro atoms. The molecule has 0 amide bonds. The molecule has 0 saturated carbocycles. The molecule has 0 aliphatic carbocycles. The van der Waals surface area contributed by atoms with E-state index < -0.39 is 0 Å². The molecule has 1 aliphatic heterocycles. The second-order valence-electron chi connectivity index (χ2n) is 1.24.